The Hall–Kier alpha value is -1.66. The predicted octanol–water partition coefficient (Wildman–Crippen LogP) is 2.10. The second kappa shape index (κ2) is 6.87. The third-order valence-corrected chi connectivity index (χ3v) is 5.30. The van der Waals surface area contributed by atoms with Crippen LogP contribution in [0.3, 0.4) is 0 Å². The first-order chi connectivity index (χ1) is 10.0. The van der Waals surface area contributed by atoms with Crippen LogP contribution in [0.4, 0.5) is 0 Å². The summed E-state index contributed by atoms with van der Waals surface area (Å²) in [6.45, 7) is 2.85. The summed E-state index contributed by atoms with van der Waals surface area (Å²) in [5.41, 5.74) is 1.16. The average molecular weight is 307 g/mol. The van der Waals surface area contributed by atoms with Gasteiger partial charge < -0.3 is 4.57 Å². The minimum Gasteiger partial charge on any atom is -0.329 e. The molecule has 0 spiro atoms. The van der Waals surface area contributed by atoms with Crippen LogP contribution >= 0.6 is 0 Å². The van der Waals surface area contributed by atoms with Gasteiger partial charge in [0, 0.05) is 26.0 Å². The van der Waals surface area contributed by atoms with E-state index in [9.17, 15) is 8.42 Å². The summed E-state index contributed by atoms with van der Waals surface area (Å²) in [4.78, 5) is 4.28. The van der Waals surface area contributed by atoms with Gasteiger partial charge in [-0.2, -0.15) is 4.31 Å². The Labute approximate surface area is 126 Å². The van der Waals surface area contributed by atoms with Crippen LogP contribution in [0.15, 0.2) is 42.7 Å². The fourth-order valence-electron chi connectivity index (χ4n) is 2.13. The summed E-state index contributed by atoms with van der Waals surface area (Å²) < 4.78 is 27.4. The first-order valence-corrected chi connectivity index (χ1v) is 8.62. The predicted molar refractivity (Wildman–Crippen MR) is 83.3 cm³/mol. The zero-order chi connectivity index (χ0) is 15.3. The fraction of sp³-hybridized carbons (Fsp3) is 0.400. The minimum atomic E-state index is -3.20. The molecular weight excluding hydrogens is 286 g/mol. The van der Waals surface area contributed by atoms with Crippen LogP contribution in [0.5, 0.6) is 0 Å². The molecule has 0 saturated heterocycles. The van der Waals surface area contributed by atoms with Crippen molar-refractivity contribution in [3.05, 3.63) is 54.1 Å². The normalized spacial score (nSPS) is 12.0. The fourth-order valence-corrected chi connectivity index (χ4v) is 3.27. The molecular formula is C15H21N3O2S. The molecule has 2 rings (SSSR count). The van der Waals surface area contributed by atoms with Gasteiger partial charge in [0.05, 0.1) is 12.3 Å². The molecule has 0 aliphatic heterocycles. The molecule has 1 heterocycles. The quantitative estimate of drug-likeness (QED) is 0.787. The Morgan fingerprint density at radius 2 is 1.95 bits per heavy atom. The molecule has 0 unspecified atom stereocenters. The van der Waals surface area contributed by atoms with Gasteiger partial charge in [-0.3, -0.25) is 0 Å². The summed E-state index contributed by atoms with van der Waals surface area (Å²) >= 11 is 0. The number of hydrogen-bond acceptors (Lipinski definition) is 3. The molecule has 0 saturated carbocycles. The van der Waals surface area contributed by atoms with Crippen LogP contribution < -0.4 is 0 Å². The number of benzene rings is 1. The van der Waals surface area contributed by atoms with Crippen LogP contribution in [-0.4, -0.2) is 35.1 Å². The largest absolute Gasteiger partial charge is 0.329 e. The highest BCUT2D eigenvalue weighted by Gasteiger charge is 2.18. The summed E-state index contributed by atoms with van der Waals surface area (Å²) in [5, 5.41) is 0. The van der Waals surface area contributed by atoms with Gasteiger partial charge in [0.15, 0.2) is 0 Å². The van der Waals surface area contributed by atoms with E-state index in [1.807, 2.05) is 48.0 Å². The lowest BCUT2D eigenvalue weighted by atomic mass is 10.2. The van der Waals surface area contributed by atoms with Gasteiger partial charge in [-0.05, 0) is 12.0 Å². The SMILES string of the molecule is CCCS(=O)(=O)N(C)Cc1nccn1Cc1ccccc1. The van der Waals surface area contributed by atoms with Gasteiger partial charge >= 0.3 is 0 Å². The number of rotatable bonds is 7. The molecule has 0 atom stereocenters. The van der Waals surface area contributed by atoms with Crippen molar-refractivity contribution >= 4 is 10.0 Å². The van der Waals surface area contributed by atoms with Crippen LogP contribution in [0.2, 0.25) is 0 Å². The van der Waals surface area contributed by atoms with Gasteiger partial charge in [-0.25, -0.2) is 13.4 Å². The van der Waals surface area contributed by atoms with Crippen LogP contribution in [0.1, 0.15) is 24.7 Å². The molecule has 1 aromatic carbocycles. The van der Waals surface area contributed by atoms with Crippen molar-refractivity contribution in [2.75, 3.05) is 12.8 Å². The van der Waals surface area contributed by atoms with E-state index in [4.69, 9.17) is 0 Å². The highest BCUT2D eigenvalue weighted by atomic mass is 32.2. The van der Waals surface area contributed by atoms with Crippen LogP contribution in [-0.2, 0) is 23.1 Å². The molecule has 0 bridgehead atoms. The van der Waals surface area contributed by atoms with E-state index in [0.717, 1.165) is 11.4 Å². The van der Waals surface area contributed by atoms with E-state index in [1.165, 1.54) is 4.31 Å². The first kappa shape index (κ1) is 15.7. The molecule has 0 amide bonds. The first-order valence-electron chi connectivity index (χ1n) is 7.01. The Morgan fingerprint density at radius 3 is 2.62 bits per heavy atom. The Bertz CT molecular complexity index is 665. The van der Waals surface area contributed by atoms with E-state index >= 15 is 0 Å². The van der Waals surface area contributed by atoms with Crippen molar-refractivity contribution in [1.29, 1.82) is 0 Å². The Balaban J connectivity index is 2.10. The summed E-state index contributed by atoms with van der Waals surface area (Å²) in [6.07, 6.45) is 4.20. The van der Waals surface area contributed by atoms with Crippen molar-refractivity contribution in [1.82, 2.24) is 13.9 Å². The highest BCUT2D eigenvalue weighted by molar-refractivity contribution is 7.89. The van der Waals surface area contributed by atoms with Crippen molar-refractivity contribution in [2.24, 2.45) is 0 Å². The molecule has 2 aromatic rings. The average Bonchev–Trinajstić information content (AvgIpc) is 2.87. The zero-order valence-electron chi connectivity index (χ0n) is 12.4. The van der Waals surface area contributed by atoms with Crippen molar-refractivity contribution < 1.29 is 8.42 Å². The summed E-state index contributed by atoms with van der Waals surface area (Å²) in [5.74, 6) is 0.920. The lowest BCUT2D eigenvalue weighted by molar-refractivity contribution is 0.448. The van der Waals surface area contributed by atoms with E-state index in [2.05, 4.69) is 4.98 Å². The van der Waals surface area contributed by atoms with Crippen molar-refractivity contribution in [2.45, 2.75) is 26.4 Å². The Kier molecular flexibility index (Phi) is 5.14. The molecule has 5 nitrogen and oxygen atoms in total. The van der Waals surface area contributed by atoms with Gasteiger partial charge in [0.1, 0.15) is 5.82 Å². The number of nitrogens with zero attached hydrogens (tertiary/aromatic N) is 3. The zero-order valence-corrected chi connectivity index (χ0v) is 13.3. The van der Waals surface area contributed by atoms with Crippen molar-refractivity contribution in [3.63, 3.8) is 0 Å². The van der Waals surface area contributed by atoms with Gasteiger partial charge in [-0.15, -0.1) is 0 Å². The third kappa shape index (κ3) is 4.15. The molecule has 114 valence electrons. The second-order valence-electron chi connectivity index (χ2n) is 5.03. The standard InChI is InChI=1S/C15H21N3O2S/c1-3-11-21(19,20)17(2)13-15-16-9-10-18(15)12-14-7-5-4-6-8-14/h4-10H,3,11-13H2,1-2H3. The maximum absolute atomic E-state index is 12.0. The molecule has 0 aliphatic rings. The lowest BCUT2D eigenvalue weighted by Gasteiger charge is -2.17. The number of aromatic nitrogens is 2. The van der Waals surface area contributed by atoms with E-state index < -0.39 is 10.0 Å². The van der Waals surface area contributed by atoms with Gasteiger partial charge in [0.25, 0.3) is 0 Å². The number of hydrogen-bond donors (Lipinski definition) is 0. The maximum atomic E-state index is 12.0. The van der Waals surface area contributed by atoms with E-state index in [1.54, 1.807) is 13.2 Å². The molecule has 21 heavy (non-hydrogen) atoms. The molecule has 0 aliphatic carbocycles. The third-order valence-electron chi connectivity index (χ3n) is 3.30. The number of sulfonamides is 1. The molecule has 0 radical (unpaired) electrons. The topological polar surface area (TPSA) is 55.2 Å². The minimum absolute atomic E-state index is 0.170. The van der Waals surface area contributed by atoms with Gasteiger partial charge in [-0.1, -0.05) is 37.3 Å². The maximum Gasteiger partial charge on any atom is 0.214 e. The highest BCUT2D eigenvalue weighted by Crippen LogP contribution is 2.10. The number of imidazole rings is 1. The van der Waals surface area contributed by atoms with E-state index in [0.29, 0.717) is 19.5 Å². The Morgan fingerprint density at radius 1 is 1.24 bits per heavy atom. The molecule has 1 aromatic heterocycles. The lowest BCUT2D eigenvalue weighted by Crippen LogP contribution is -2.29. The van der Waals surface area contributed by atoms with E-state index in [-0.39, 0.29) is 5.75 Å². The monoisotopic (exact) mass is 307 g/mol. The molecule has 6 heteroatoms. The van der Waals surface area contributed by atoms with Crippen LogP contribution in [0, 0.1) is 0 Å². The summed E-state index contributed by atoms with van der Waals surface area (Å²) in [7, 11) is -1.59. The summed E-state index contributed by atoms with van der Waals surface area (Å²) in [6, 6.07) is 10.0. The smallest absolute Gasteiger partial charge is 0.214 e. The molecule has 0 fully saturated rings. The van der Waals surface area contributed by atoms with Crippen molar-refractivity contribution in [3.8, 4) is 0 Å². The molecule has 0 N–H and O–H groups in total. The van der Waals surface area contributed by atoms with Crippen LogP contribution in [0.25, 0.3) is 0 Å². The second-order valence-corrected chi connectivity index (χ2v) is 7.22. The van der Waals surface area contributed by atoms with Gasteiger partial charge in [0.2, 0.25) is 10.0 Å².